The number of nitrogens with zero attached hydrogens (tertiary/aromatic N) is 2. The number of aryl methyl sites for hydroxylation is 1. The summed E-state index contributed by atoms with van der Waals surface area (Å²) in [5.74, 6) is 1.41. The maximum absolute atomic E-state index is 5.87. The van der Waals surface area contributed by atoms with E-state index in [1.807, 2.05) is 6.92 Å². The third-order valence-electron chi connectivity index (χ3n) is 2.80. The lowest BCUT2D eigenvalue weighted by Crippen LogP contribution is -2.19. The number of aromatic nitrogens is 2. The lowest BCUT2D eigenvalue weighted by Gasteiger charge is -2.15. The van der Waals surface area contributed by atoms with Gasteiger partial charge in [0.15, 0.2) is 5.82 Å². The summed E-state index contributed by atoms with van der Waals surface area (Å²) >= 11 is 5.78. The molecule has 0 amide bonds. The molecule has 1 aromatic rings. The van der Waals surface area contributed by atoms with Crippen LogP contribution in [0.15, 0.2) is 0 Å². The number of hydrogen-bond acceptors (Lipinski definition) is 4. The second kappa shape index (κ2) is 3.85. The van der Waals surface area contributed by atoms with Crippen molar-refractivity contribution >= 4 is 23.1 Å². The van der Waals surface area contributed by atoms with Crippen molar-refractivity contribution in [2.45, 2.75) is 32.7 Å². The Kier molecular flexibility index (Phi) is 2.69. The number of anilines is 2. The predicted molar refractivity (Wildman–Crippen MR) is 62.0 cm³/mol. The Bertz CT molecular complexity index is 376. The van der Waals surface area contributed by atoms with Crippen molar-refractivity contribution in [2.75, 3.05) is 11.1 Å². The van der Waals surface area contributed by atoms with Gasteiger partial charge < -0.3 is 11.1 Å². The van der Waals surface area contributed by atoms with Crippen LogP contribution in [-0.4, -0.2) is 16.0 Å². The first-order valence-electron chi connectivity index (χ1n) is 5.14. The van der Waals surface area contributed by atoms with Crippen LogP contribution in [0, 0.1) is 12.8 Å². The van der Waals surface area contributed by atoms with E-state index >= 15 is 0 Å². The molecule has 1 unspecified atom stereocenters. The molecule has 0 radical (unpaired) electrons. The summed E-state index contributed by atoms with van der Waals surface area (Å²) in [6.07, 6.45) is 2.57. The Morgan fingerprint density at radius 3 is 2.73 bits per heavy atom. The highest BCUT2D eigenvalue weighted by atomic mass is 35.5. The maximum atomic E-state index is 5.87. The molecule has 0 bridgehead atoms. The lowest BCUT2D eigenvalue weighted by molar-refractivity contribution is 0.690. The summed E-state index contributed by atoms with van der Waals surface area (Å²) in [7, 11) is 0. The molecule has 0 aliphatic heterocycles. The number of hydrogen-bond donors (Lipinski definition) is 2. The Hall–Kier alpha value is -1.03. The first-order chi connectivity index (χ1) is 7.08. The summed E-state index contributed by atoms with van der Waals surface area (Å²) in [5, 5.41) is 3.54. The molecule has 1 aromatic heterocycles. The highest BCUT2D eigenvalue weighted by molar-refractivity contribution is 6.28. The lowest BCUT2D eigenvalue weighted by atomic mass is 10.2. The number of halogens is 1. The Morgan fingerprint density at radius 1 is 1.47 bits per heavy atom. The van der Waals surface area contributed by atoms with E-state index < -0.39 is 0 Å². The Labute approximate surface area is 94.2 Å². The SMILES string of the molecule is Cc1nc(Cl)nc(NC(C)C2CC2)c1N. The first kappa shape index (κ1) is 10.5. The highest BCUT2D eigenvalue weighted by Gasteiger charge is 2.28. The molecule has 0 saturated heterocycles. The van der Waals surface area contributed by atoms with Gasteiger partial charge in [-0.05, 0) is 44.2 Å². The quantitative estimate of drug-likeness (QED) is 0.776. The van der Waals surface area contributed by atoms with Crippen molar-refractivity contribution in [3.05, 3.63) is 11.0 Å². The van der Waals surface area contributed by atoms with Gasteiger partial charge in [0, 0.05) is 6.04 Å². The predicted octanol–water partition coefficient (Wildman–Crippen LogP) is 2.23. The third kappa shape index (κ3) is 2.31. The van der Waals surface area contributed by atoms with Crippen molar-refractivity contribution in [1.82, 2.24) is 9.97 Å². The van der Waals surface area contributed by atoms with Gasteiger partial charge in [-0.15, -0.1) is 0 Å². The smallest absolute Gasteiger partial charge is 0.224 e. The van der Waals surface area contributed by atoms with Crippen LogP contribution >= 0.6 is 11.6 Å². The molecule has 1 fully saturated rings. The average Bonchev–Trinajstić information content (AvgIpc) is 2.96. The molecule has 2 rings (SSSR count). The van der Waals surface area contributed by atoms with Crippen molar-refractivity contribution < 1.29 is 0 Å². The second-order valence-electron chi connectivity index (χ2n) is 4.11. The van der Waals surface area contributed by atoms with Crippen LogP contribution in [0.5, 0.6) is 0 Å². The standard InChI is InChI=1S/C10H15ClN4/c1-5(7-3-4-7)13-9-8(12)6(2)14-10(11)15-9/h5,7H,3-4,12H2,1-2H3,(H,13,14,15). The zero-order chi connectivity index (χ0) is 11.0. The van der Waals surface area contributed by atoms with E-state index in [-0.39, 0.29) is 5.28 Å². The summed E-state index contributed by atoms with van der Waals surface area (Å²) in [6.45, 7) is 3.97. The van der Waals surface area contributed by atoms with Gasteiger partial charge in [-0.1, -0.05) is 0 Å². The normalized spacial score (nSPS) is 17.5. The molecular formula is C10H15ClN4. The molecular weight excluding hydrogens is 212 g/mol. The molecule has 1 aliphatic rings. The van der Waals surface area contributed by atoms with Gasteiger partial charge in [0.25, 0.3) is 0 Å². The number of nitrogens with two attached hydrogens (primary N) is 1. The Balaban J connectivity index is 2.19. The largest absolute Gasteiger partial charge is 0.394 e. The number of nitrogen functional groups attached to an aromatic ring is 1. The van der Waals surface area contributed by atoms with Crippen LogP contribution in [0.25, 0.3) is 0 Å². The maximum Gasteiger partial charge on any atom is 0.224 e. The summed E-state index contributed by atoms with van der Waals surface area (Å²) in [5.41, 5.74) is 7.19. The van der Waals surface area contributed by atoms with Crippen LogP contribution in [0.3, 0.4) is 0 Å². The first-order valence-corrected chi connectivity index (χ1v) is 5.52. The van der Waals surface area contributed by atoms with E-state index in [9.17, 15) is 0 Å². The molecule has 15 heavy (non-hydrogen) atoms. The molecule has 0 spiro atoms. The van der Waals surface area contributed by atoms with Gasteiger partial charge >= 0.3 is 0 Å². The van der Waals surface area contributed by atoms with E-state index in [1.54, 1.807) is 0 Å². The summed E-state index contributed by atoms with van der Waals surface area (Å²) in [4.78, 5) is 8.09. The minimum Gasteiger partial charge on any atom is -0.394 e. The van der Waals surface area contributed by atoms with Crippen LogP contribution in [0.4, 0.5) is 11.5 Å². The van der Waals surface area contributed by atoms with E-state index in [4.69, 9.17) is 17.3 Å². The van der Waals surface area contributed by atoms with E-state index in [2.05, 4.69) is 22.2 Å². The average molecular weight is 227 g/mol. The zero-order valence-corrected chi connectivity index (χ0v) is 9.67. The van der Waals surface area contributed by atoms with Crippen LogP contribution < -0.4 is 11.1 Å². The molecule has 1 heterocycles. The fourth-order valence-electron chi connectivity index (χ4n) is 1.59. The van der Waals surface area contributed by atoms with Gasteiger partial charge in [0.2, 0.25) is 5.28 Å². The highest BCUT2D eigenvalue weighted by Crippen LogP contribution is 2.34. The van der Waals surface area contributed by atoms with Crippen LogP contribution in [-0.2, 0) is 0 Å². The van der Waals surface area contributed by atoms with Crippen LogP contribution in [0.1, 0.15) is 25.5 Å². The summed E-state index contributed by atoms with van der Waals surface area (Å²) in [6, 6.07) is 0.401. The Morgan fingerprint density at radius 2 is 2.13 bits per heavy atom. The molecule has 1 atom stereocenters. The molecule has 4 nitrogen and oxygen atoms in total. The van der Waals surface area contributed by atoms with Crippen LogP contribution in [0.2, 0.25) is 5.28 Å². The zero-order valence-electron chi connectivity index (χ0n) is 8.92. The molecule has 0 aromatic carbocycles. The monoisotopic (exact) mass is 226 g/mol. The molecule has 5 heteroatoms. The number of rotatable bonds is 3. The van der Waals surface area contributed by atoms with E-state index in [0.29, 0.717) is 17.5 Å². The van der Waals surface area contributed by atoms with Gasteiger partial charge in [0.05, 0.1) is 11.4 Å². The molecule has 82 valence electrons. The van der Waals surface area contributed by atoms with Crippen molar-refractivity contribution in [3.63, 3.8) is 0 Å². The molecule has 1 saturated carbocycles. The third-order valence-corrected chi connectivity index (χ3v) is 2.97. The molecule has 3 N–H and O–H groups in total. The van der Waals surface area contributed by atoms with E-state index in [0.717, 1.165) is 11.6 Å². The fourth-order valence-corrected chi connectivity index (χ4v) is 1.80. The molecule has 1 aliphatic carbocycles. The fraction of sp³-hybridized carbons (Fsp3) is 0.600. The van der Waals surface area contributed by atoms with Crippen molar-refractivity contribution in [1.29, 1.82) is 0 Å². The van der Waals surface area contributed by atoms with E-state index in [1.165, 1.54) is 12.8 Å². The topological polar surface area (TPSA) is 63.8 Å². The van der Waals surface area contributed by atoms with Crippen molar-refractivity contribution in [3.8, 4) is 0 Å². The van der Waals surface area contributed by atoms with Gasteiger partial charge in [0.1, 0.15) is 0 Å². The minimum absolute atomic E-state index is 0.243. The van der Waals surface area contributed by atoms with Gasteiger partial charge in [-0.2, -0.15) is 4.98 Å². The number of nitrogens with one attached hydrogen (secondary N) is 1. The summed E-state index contributed by atoms with van der Waals surface area (Å²) < 4.78 is 0. The van der Waals surface area contributed by atoms with Crippen molar-refractivity contribution in [2.24, 2.45) is 5.92 Å². The van der Waals surface area contributed by atoms with Gasteiger partial charge in [-0.25, -0.2) is 4.98 Å². The van der Waals surface area contributed by atoms with Gasteiger partial charge in [-0.3, -0.25) is 0 Å². The second-order valence-corrected chi connectivity index (χ2v) is 4.45. The minimum atomic E-state index is 0.243.